The number of rotatable bonds is 6. The summed E-state index contributed by atoms with van der Waals surface area (Å²) in [7, 11) is 0. The molecule has 0 saturated heterocycles. The van der Waals surface area contributed by atoms with Crippen LogP contribution < -0.4 is 5.32 Å². The van der Waals surface area contributed by atoms with E-state index in [0.29, 0.717) is 21.7 Å². The summed E-state index contributed by atoms with van der Waals surface area (Å²) in [4.78, 5) is 37.1. The molecule has 0 aliphatic carbocycles. The van der Waals surface area contributed by atoms with E-state index in [9.17, 15) is 14.4 Å². The summed E-state index contributed by atoms with van der Waals surface area (Å²) in [6.45, 7) is 1.45. The lowest BCUT2D eigenvalue weighted by Crippen LogP contribution is -2.25. The van der Waals surface area contributed by atoms with Crippen LogP contribution in [-0.4, -0.2) is 17.7 Å². The second-order valence-corrected chi connectivity index (χ2v) is 6.75. The van der Waals surface area contributed by atoms with Crippen LogP contribution in [0.2, 0.25) is 0 Å². The first-order valence-electron chi connectivity index (χ1n) is 8.26. The Morgan fingerprint density at radius 2 is 1.74 bits per heavy atom. The third-order valence-corrected chi connectivity index (χ3v) is 4.67. The van der Waals surface area contributed by atoms with E-state index in [4.69, 9.17) is 4.74 Å². The van der Waals surface area contributed by atoms with E-state index in [1.807, 2.05) is 6.07 Å². The molecular weight excluding hydrogens is 362 g/mol. The van der Waals surface area contributed by atoms with Crippen molar-refractivity contribution in [2.75, 3.05) is 5.32 Å². The predicted octanol–water partition coefficient (Wildman–Crippen LogP) is 4.49. The quantitative estimate of drug-likeness (QED) is 0.506. The number of hydrogen-bond donors (Lipinski definition) is 1. The topological polar surface area (TPSA) is 72.5 Å². The van der Waals surface area contributed by atoms with E-state index in [2.05, 4.69) is 5.32 Å². The number of Topliss-reactive ketones (excluding diaryl/α,β-unsaturated/α-hetero) is 1. The van der Waals surface area contributed by atoms with E-state index in [1.54, 1.807) is 66.0 Å². The van der Waals surface area contributed by atoms with Crippen LogP contribution in [0.25, 0.3) is 0 Å². The highest BCUT2D eigenvalue weighted by molar-refractivity contribution is 7.11. The molecule has 0 spiro atoms. The average Bonchev–Trinajstić information content (AvgIpc) is 3.21. The fourth-order valence-electron chi connectivity index (χ4n) is 2.48. The third-order valence-electron chi connectivity index (χ3n) is 3.82. The van der Waals surface area contributed by atoms with Crippen LogP contribution in [0.15, 0.2) is 72.1 Å². The van der Waals surface area contributed by atoms with Crippen molar-refractivity contribution in [1.82, 2.24) is 0 Å². The van der Waals surface area contributed by atoms with Gasteiger partial charge in [-0.15, -0.1) is 11.3 Å². The van der Waals surface area contributed by atoms with E-state index in [-0.39, 0.29) is 5.78 Å². The van der Waals surface area contributed by atoms with Crippen molar-refractivity contribution in [3.8, 4) is 0 Å². The molecule has 1 aromatic heterocycles. The standard InChI is InChI=1S/C21H17NO4S/c1-14(23)16-9-5-10-17(13-16)22-20(24)19(15-7-3-2-4-8-15)26-21(25)18-11-6-12-27-18/h2-13,19H,1H3,(H,22,24)/t19-/m0/s1. The molecule has 3 aromatic rings. The first-order valence-corrected chi connectivity index (χ1v) is 9.14. The van der Waals surface area contributed by atoms with E-state index >= 15 is 0 Å². The minimum absolute atomic E-state index is 0.102. The first-order chi connectivity index (χ1) is 13.0. The molecule has 0 saturated carbocycles. The molecule has 0 radical (unpaired) electrons. The molecule has 1 atom stereocenters. The SMILES string of the molecule is CC(=O)c1cccc(NC(=O)[C@@H](OC(=O)c2cccs2)c2ccccc2)c1. The Morgan fingerprint density at radius 1 is 0.963 bits per heavy atom. The zero-order valence-corrected chi connectivity index (χ0v) is 15.4. The second-order valence-electron chi connectivity index (χ2n) is 5.80. The number of benzene rings is 2. The van der Waals surface area contributed by atoms with Gasteiger partial charge in [-0.3, -0.25) is 9.59 Å². The molecule has 0 bridgehead atoms. The lowest BCUT2D eigenvalue weighted by Gasteiger charge is -2.18. The van der Waals surface area contributed by atoms with Crippen molar-refractivity contribution in [2.45, 2.75) is 13.0 Å². The van der Waals surface area contributed by atoms with Gasteiger partial charge < -0.3 is 10.1 Å². The number of nitrogens with one attached hydrogen (secondary N) is 1. The molecular formula is C21H17NO4S. The predicted molar refractivity (Wildman–Crippen MR) is 104 cm³/mol. The number of carbonyl (C=O) groups excluding carboxylic acids is 3. The molecule has 1 amide bonds. The van der Waals surface area contributed by atoms with Crippen LogP contribution in [-0.2, 0) is 9.53 Å². The van der Waals surface area contributed by atoms with Crippen molar-refractivity contribution < 1.29 is 19.1 Å². The zero-order chi connectivity index (χ0) is 19.2. The van der Waals surface area contributed by atoms with E-state index in [1.165, 1.54) is 18.3 Å². The fraction of sp³-hybridized carbons (Fsp3) is 0.0952. The van der Waals surface area contributed by atoms with Gasteiger partial charge in [-0.25, -0.2) is 4.79 Å². The fourth-order valence-corrected chi connectivity index (χ4v) is 3.09. The van der Waals surface area contributed by atoms with Gasteiger partial charge in [0.15, 0.2) is 5.78 Å². The van der Waals surface area contributed by atoms with Gasteiger partial charge in [0.1, 0.15) is 4.88 Å². The molecule has 1 N–H and O–H groups in total. The number of thiophene rings is 1. The number of hydrogen-bond acceptors (Lipinski definition) is 5. The minimum Gasteiger partial charge on any atom is -0.443 e. The number of anilines is 1. The Kier molecular flexibility index (Phi) is 5.78. The van der Waals surface area contributed by atoms with Gasteiger partial charge in [-0.05, 0) is 30.5 Å². The summed E-state index contributed by atoms with van der Waals surface area (Å²) in [5, 5.41) is 4.49. The van der Waals surface area contributed by atoms with Crippen LogP contribution in [0, 0.1) is 0 Å². The molecule has 0 aliphatic heterocycles. The van der Waals surface area contributed by atoms with Gasteiger partial charge in [0.05, 0.1) is 0 Å². The van der Waals surface area contributed by atoms with Crippen molar-refractivity contribution in [2.24, 2.45) is 0 Å². The molecule has 5 nitrogen and oxygen atoms in total. The molecule has 27 heavy (non-hydrogen) atoms. The Balaban J connectivity index is 1.84. The Labute approximate surface area is 160 Å². The van der Waals surface area contributed by atoms with Crippen molar-refractivity contribution in [3.63, 3.8) is 0 Å². The Hall–Kier alpha value is -3.25. The molecule has 1 heterocycles. The van der Waals surface area contributed by atoms with Crippen molar-refractivity contribution in [1.29, 1.82) is 0 Å². The zero-order valence-electron chi connectivity index (χ0n) is 14.5. The summed E-state index contributed by atoms with van der Waals surface area (Å²) in [5.41, 5.74) is 1.50. The van der Waals surface area contributed by atoms with Crippen LogP contribution in [0.5, 0.6) is 0 Å². The molecule has 2 aromatic carbocycles. The van der Waals surface area contributed by atoms with E-state index < -0.39 is 18.0 Å². The van der Waals surface area contributed by atoms with Gasteiger partial charge in [-0.2, -0.15) is 0 Å². The second kappa shape index (κ2) is 8.42. The third kappa shape index (κ3) is 4.68. The molecule has 0 aliphatic rings. The van der Waals surface area contributed by atoms with Gasteiger partial charge in [0.2, 0.25) is 6.10 Å². The van der Waals surface area contributed by atoms with Crippen LogP contribution in [0.1, 0.15) is 38.6 Å². The van der Waals surface area contributed by atoms with Crippen molar-refractivity contribution in [3.05, 3.63) is 88.1 Å². The summed E-state index contributed by atoms with van der Waals surface area (Å²) in [5.74, 6) is -1.16. The van der Waals surface area contributed by atoms with E-state index in [0.717, 1.165) is 0 Å². The molecule has 3 rings (SSSR count). The van der Waals surface area contributed by atoms with Crippen LogP contribution >= 0.6 is 11.3 Å². The lowest BCUT2D eigenvalue weighted by molar-refractivity contribution is -0.125. The smallest absolute Gasteiger partial charge is 0.349 e. The lowest BCUT2D eigenvalue weighted by atomic mass is 10.1. The number of ether oxygens (including phenoxy) is 1. The number of carbonyl (C=O) groups is 3. The number of amides is 1. The Morgan fingerprint density at radius 3 is 2.41 bits per heavy atom. The summed E-state index contributed by atoms with van der Waals surface area (Å²) < 4.78 is 5.49. The van der Waals surface area contributed by atoms with Gasteiger partial charge >= 0.3 is 5.97 Å². The maximum Gasteiger partial charge on any atom is 0.349 e. The normalized spacial score (nSPS) is 11.4. The monoisotopic (exact) mass is 379 g/mol. The largest absolute Gasteiger partial charge is 0.443 e. The molecule has 136 valence electrons. The maximum atomic E-state index is 12.8. The van der Waals surface area contributed by atoms with Gasteiger partial charge in [0, 0.05) is 16.8 Å². The average molecular weight is 379 g/mol. The maximum absolute atomic E-state index is 12.8. The highest BCUT2D eigenvalue weighted by Crippen LogP contribution is 2.23. The highest BCUT2D eigenvalue weighted by atomic mass is 32.1. The molecule has 0 unspecified atom stereocenters. The van der Waals surface area contributed by atoms with Gasteiger partial charge in [-0.1, -0.05) is 48.5 Å². The number of ketones is 1. The Bertz CT molecular complexity index is 951. The van der Waals surface area contributed by atoms with Crippen molar-refractivity contribution >= 4 is 34.7 Å². The summed E-state index contributed by atoms with van der Waals surface area (Å²) >= 11 is 1.25. The minimum atomic E-state index is -1.11. The van der Waals surface area contributed by atoms with Crippen LogP contribution in [0.4, 0.5) is 5.69 Å². The number of esters is 1. The van der Waals surface area contributed by atoms with Gasteiger partial charge in [0.25, 0.3) is 5.91 Å². The summed E-state index contributed by atoms with van der Waals surface area (Å²) in [6.07, 6.45) is -1.11. The highest BCUT2D eigenvalue weighted by Gasteiger charge is 2.26. The molecule has 6 heteroatoms. The summed E-state index contributed by atoms with van der Waals surface area (Å²) in [6, 6.07) is 18.8. The molecule has 0 fully saturated rings. The first kappa shape index (κ1) is 18.5. The van der Waals surface area contributed by atoms with Crippen LogP contribution in [0.3, 0.4) is 0 Å².